The molecular formula is C19H24N4O4. The molecule has 1 unspecified atom stereocenters. The molecule has 4 rings (SSSR count). The summed E-state index contributed by atoms with van der Waals surface area (Å²) in [7, 11) is 1.55. The zero-order valence-electron chi connectivity index (χ0n) is 15.5. The Bertz CT molecular complexity index is 770. The van der Waals surface area contributed by atoms with Gasteiger partial charge in [0.25, 0.3) is 5.91 Å². The molecule has 144 valence electrons. The van der Waals surface area contributed by atoms with E-state index in [1.807, 2.05) is 4.90 Å². The monoisotopic (exact) mass is 372 g/mol. The van der Waals surface area contributed by atoms with Gasteiger partial charge in [0, 0.05) is 44.5 Å². The zero-order chi connectivity index (χ0) is 18.6. The molecule has 1 amide bonds. The smallest absolute Gasteiger partial charge is 0.255 e. The van der Waals surface area contributed by atoms with Crippen LogP contribution in [0.15, 0.2) is 22.9 Å². The fraction of sp³-hybridized carbons (Fsp3) is 0.579. The van der Waals surface area contributed by atoms with Gasteiger partial charge in [0.2, 0.25) is 11.8 Å². The number of likely N-dealkylation sites (tertiary alicyclic amines) is 1. The largest absolute Gasteiger partial charge is 0.481 e. The lowest BCUT2D eigenvalue weighted by Gasteiger charge is -2.31. The molecule has 1 atom stereocenters. The second-order valence-corrected chi connectivity index (χ2v) is 7.06. The number of carbonyl (C=O) groups excluding carboxylic acids is 1. The third kappa shape index (κ3) is 3.95. The molecule has 0 N–H and O–H groups in total. The zero-order valence-corrected chi connectivity index (χ0v) is 15.5. The molecule has 27 heavy (non-hydrogen) atoms. The van der Waals surface area contributed by atoms with Crippen LogP contribution in [-0.4, -0.2) is 59.3 Å². The molecule has 2 aromatic heterocycles. The Hall–Kier alpha value is -2.48. The molecule has 8 nitrogen and oxygen atoms in total. The molecule has 0 bridgehead atoms. The average molecular weight is 372 g/mol. The molecule has 0 aromatic carbocycles. The van der Waals surface area contributed by atoms with Gasteiger partial charge in [0.1, 0.15) is 0 Å². The molecule has 2 aliphatic rings. The maximum absolute atomic E-state index is 12.8. The fourth-order valence-corrected chi connectivity index (χ4v) is 3.71. The van der Waals surface area contributed by atoms with Crippen molar-refractivity contribution >= 4 is 5.91 Å². The van der Waals surface area contributed by atoms with Gasteiger partial charge in [-0.2, -0.15) is 4.98 Å². The number of hydrogen-bond donors (Lipinski definition) is 0. The number of pyridine rings is 1. The summed E-state index contributed by atoms with van der Waals surface area (Å²) in [5.41, 5.74) is 0.560. The van der Waals surface area contributed by atoms with Gasteiger partial charge in [-0.05, 0) is 31.7 Å². The van der Waals surface area contributed by atoms with Gasteiger partial charge in [-0.25, -0.2) is 4.98 Å². The van der Waals surface area contributed by atoms with Crippen LogP contribution in [0.3, 0.4) is 0 Å². The minimum Gasteiger partial charge on any atom is -0.481 e. The van der Waals surface area contributed by atoms with Crippen molar-refractivity contribution in [3.63, 3.8) is 0 Å². The van der Waals surface area contributed by atoms with Gasteiger partial charge < -0.3 is 18.9 Å². The Morgan fingerprint density at radius 1 is 1.22 bits per heavy atom. The number of aromatic nitrogens is 3. The van der Waals surface area contributed by atoms with E-state index in [2.05, 4.69) is 15.1 Å². The Morgan fingerprint density at radius 3 is 2.81 bits per heavy atom. The van der Waals surface area contributed by atoms with Crippen molar-refractivity contribution in [1.29, 1.82) is 0 Å². The van der Waals surface area contributed by atoms with Crippen LogP contribution in [0.5, 0.6) is 5.88 Å². The lowest BCUT2D eigenvalue weighted by atomic mass is 9.97. The Kier molecular flexibility index (Phi) is 5.33. The first-order valence-electron chi connectivity index (χ1n) is 9.45. The summed E-state index contributed by atoms with van der Waals surface area (Å²) in [6.45, 7) is 2.80. The van der Waals surface area contributed by atoms with Crippen LogP contribution < -0.4 is 4.74 Å². The Labute approximate surface area is 157 Å². The molecule has 2 fully saturated rings. The number of piperidine rings is 1. The molecule has 8 heteroatoms. The summed E-state index contributed by atoms with van der Waals surface area (Å²) >= 11 is 0. The van der Waals surface area contributed by atoms with Crippen LogP contribution in [-0.2, 0) is 4.74 Å². The van der Waals surface area contributed by atoms with Gasteiger partial charge >= 0.3 is 0 Å². The Morgan fingerprint density at radius 2 is 2.07 bits per heavy atom. The highest BCUT2D eigenvalue weighted by molar-refractivity contribution is 5.94. The Balaban J connectivity index is 1.43. The minimum atomic E-state index is -0.0287. The van der Waals surface area contributed by atoms with Crippen LogP contribution in [0.2, 0.25) is 0 Å². The van der Waals surface area contributed by atoms with Crippen LogP contribution in [0.25, 0.3) is 0 Å². The normalized spacial score (nSPS) is 21.2. The van der Waals surface area contributed by atoms with Crippen LogP contribution >= 0.6 is 0 Å². The molecule has 2 aromatic rings. The SMILES string of the molecule is COc1ccc(C(=O)N2CCCC(c3nc(C4CCOCC4)no3)C2)cn1. The third-order valence-electron chi connectivity index (χ3n) is 5.29. The lowest BCUT2D eigenvalue weighted by Crippen LogP contribution is -2.39. The second-order valence-electron chi connectivity index (χ2n) is 7.06. The molecular weight excluding hydrogens is 348 g/mol. The van der Waals surface area contributed by atoms with Gasteiger partial charge in [0.05, 0.1) is 18.6 Å². The maximum atomic E-state index is 12.8. The van der Waals surface area contributed by atoms with Crippen LogP contribution in [0, 0.1) is 0 Å². The van der Waals surface area contributed by atoms with Gasteiger partial charge in [-0.1, -0.05) is 5.16 Å². The molecule has 4 heterocycles. The van der Waals surface area contributed by atoms with Crippen molar-refractivity contribution < 1.29 is 18.8 Å². The van der Waals surface area contributed by atoms with Crippen molar-refractivity contribution in [2.24, 2.45) is 0 Å². The van der Waals surface area contributed by atoms with Crippen molar-refractivity contribution in [2.45, 2.75) is 37.5 Å². The topological polar surface area (TPSA) is 90.6 Å². The first kappa shape index (κ1) is 17.9. The summed E-state index contributed by atoms with van der Waals surface area (Å²) in [5.74, 6) is 2.27. The number of ether oxygens (including phenoxy) is 2. The number of amides is 1. The highest BCUT2D eigenvalue weighted by Crippen LogP contribution is 2.30. The molecule has 0 aliphatic carbocycles. The van der Waals surface area contributed by atoms with E-state index in [1.54, 1.807) is 25.4 Å². The van der Waals surface area contributed by atoms with Gasteiger partial charge in [0.15, 0.2) is 5.82 Å². The van der Waals surface area contributed by atoms with E-state index >= 15 is 0 Å². The third-order valence-corrected chi connectivity index (χ3v) is 5.29. The molecule has 0 saturated carbocycles. The van der Waals surface area contributed by atoms with E-state index in [0.29, 0.717) is 29.8 Å². The number of methoxy groups -OCH3 is 1. The molecule has 2 saturated heterocycles. The quantitative estimate of drug-likeness (QED) is 0.814. The summed E-state index contributed by atoms with van der Waals surface area (Å²) in [6.07, 6.45) is 5.27. The predicted molar refractivity (Wildman–Crippen MR) is 95.8 cm³/mol. The van der Waals surface area contributed by atoms with E-state index in [-0.39, 0.29) is 11.8 Å². The first-order chi connectivity index (χ1) is 13.2. The van der Waals surface area contributed by atoms with Crippen LogP contribution in [0.4, 0.5) is 0 Å². The number of carbonyl (C=O) groups is 1. The summed E-state index contributed by atoms with van der Waals surface area (Å²) in [4.78, 5) is 23.4. The fourth-order valence-electron chi connectivity index (χ4n) is 3.71. The maximum Gasteiger partial charge on any atom is 0.255 e. The average Bonchev–Trinajstić information content (AvgIpc) is 3.24. The van der Waals surface area contributed by atoms with E-state index in [0.717, 1.165) is 51.3 Å². The molecule has 2 aliphatic heterocycles. The standard InChI is InChI=1S/C19H24N4O4/c1-25-16-5-4-14(11-20-16)19(24)23-8-2-3-15(12-23)18-21-17(22-27-18)13-6-9-26-10-7-13/h4-5,11,13,15H,2-3,6-10,12H2,1H3. The van der Waals surface area contributed by atoms with Crippen molar-refractivity contribution in [2.75, 3.05) is 33.4 Å². The highest BCUT2D eigenvalue weighted by atomic mass is 16.5. The number of nitrogens with zero attached hydrogens (tertiary/aromatic N) is 4. The van der Waals surface area contributed by atoms with Crippen molar-refractivity contribution in [1.82, 2.24) is 20.0 Å². The summed E-state index contributed by atoms with van der Waals surface area (Å²) in [5, 5.41) is 4.19. The molecule has 0 radical (unpaired) electrons. The van der Waals surface area contributed by atoms with E-state index in [4.69, 9.17) is 14.0 Å². The van der Waals surface area contributed by atoms with Crippen molar-refractivity contribution in [3.05, 3.63) is 35.6 Å². The van der Waals surface area contributed by atoms with Crippen molar-refractivity contribution in [3.8, 4) is 5.88 Å². The lowest BCUT2D eigenvalue weighted by molar-refractivity contribution is 0.0695. The number of hydrogen-bond acceptors (Lipinski definition) is 7. The van der Waals surface area contributed by atoms with E-state index in [9.17, 15) is 4.79 Å². The van der Waals surface area contributed by atoms with E-state index < -0.39 is 0 Å². The highest BCUT2D eigenvalue weighted by Gasteiger charge is 2.30. The predicted octanol–water partition coefficient (Wildman–Crippen LogP) is 2.39. The van der Waals surface area contributed by atoms with E-state index in [1.165, 1.54) is 0 Å². The number of rotatable bonds is 4. The minimum absolute atomic E-state index is 0.0287. The van der Waals surface area contributed by atoms with Gasteiger partial charge in [-0.15, -0.1) is 0 Å². The summed E-state index contributed by atoms with van der Waals surface area (Å²) in [6, 6.07) is 3.44. The van der Waals surface area contributed by atoms with Crippen LogP contribution in [0.1, 0.15) is 59.6 Å². The summed E-state index contributed by atoms with van der Waals surface area (Å²) < 4.78 is 16.0. The molecule has 0 spiro atoms. The second kappa shape index (κ2) is 8.04. The first-order valence-corrected chi connectivity index (χ1v) is 9.45. The van der Waals surface area contributed by atoms with Gasteiger partial charge in [-0.3, -0.25) is 4.79 Å².